The van der Waals surface area contributed by atoms with E-state index in [9.17, 15) is 0 Å². The van der Waals surface area contributed by atoms with Gasteiger partial charge in [0.25, 0.3) is 0 Å². The Morgan fingerprint density at radius 3 is 2.50 bits per heavy atom. The molecule has 2 nitrogen and oxygen atoms in total. The van der Waals surface area contributed by atoms with E-state index < -0.39 is 0 Å². The van der Waals surface area contributed by atoms with Gasteiger partial charge in [-0.15, -0.1) is 0 Å². The number of pyridine rings is 1. The van der Waals surface area contributed by atoms with E-state index in [4.69, 9.17) is 4.74 Å². The topological polar surface area (TPSA) is 22.1 Å². The third-order valence-electron chi connectivity index (χ3n) is 2.88. The average molecular weight is 235 g/mol. The van der Waals surface area contributed by atoms with Crippen molar-refractivity contribution < 1.29 is 4.74 Å². The lowest BCUT2D eigenvalue weighted by Gasteiger charge is -2.07. The molecule has 0 aliphatic carbocycles. The third-order valence-corrected chi connectivity index (χ3v) is 2.88. The molecule has 0 saturated carbocycles. The molecule has 0 N–H and O–H groups in total. The van der Waals surface area contributed by atoms with E-state index in [2.05, 4.69) is 4.98 Å². The van der Waals surface area contributed by atoms with Gasteiger partial charge in [0.15, 0.2) is 0 Å². The Kier molecular flexibility index (Phi) is 2.69. The van der Waals surface area contributed by atoms with Crippen LogP contribution in [-0.4, -0.2) is 4.98 Å². The summed E-state index contributed by atoms with van der Waals surface area (Å²) in [6.45, 7) is 2.02. The number of nitrogens with zero attached hydrogens (tertiary/aromatic N) is 1. The van der Waals surface area contributed by atoms with Crippen molar-refractivity contribution in [3.8, 4) is 11.6 Å². The summed E-state index contributed by atoms with van der Waals surface area (Å²) in [4.78, 5) is 4.49. The first kappa shape index (κ1) is 10.8. The normalized spacial score (nSPS) is 10.5. The second kappa shape index (κ2) is 4.49. The molecule has 3 aromatic rings. The second-order valence-corrected chi connectivity index (χ2v) is 4.21. The Bertz CT molecular complexity index is 691. The number of ether oxygens (including phenoxy) is 1. The minimum Gasteiger partial charge on any atom is -0.439 e. The van der Waals surface area contributed by atoms with Gasteiger partial charge in [0.05, 0.1) is 5.52 Å². The monoisotopic (exact) mass is 235 g/mol. The van der Waals surface area contributed by atoms with E-state index in [-0.39, 0.29) is 0 Å². The summed E-state index contributed by atoms with van der Waals surface area (Å²) in [7, 11) is 0. The van der Waals surface area contributed by atoms with E-state index in [0.717, 1.165) is 22.2 Å². The number of para-hydroxylation sites is 2. The van der Waals surface area contributed by atoms with Crippen LogP contribution >= 0.6 is 0 Å². The molecule has 2 heteroatoms. The Morgan fingerprint density at radius 2 is 1.61 bits per heavy atom. The highest BCUT2D eigenvalue weighted by molar-refractivity contribution is 5.78. The highest BCUT2D eigenvalue weighted by Crippen LogP contribution is 2.24. The number of aromatic nitrogens is 1. The zero-order chi connectivity index (χ0) is 12.4. The van der Waals surface area contributed by atoms with Gasteiger partial charge in [0, 0.05) is 11.5 Å². The Hall–Kier alpha value is -2.35. The fourth-order valence-electron chi connectivity index (χ4n) is 1.89. The molecule has 88 valence electrons. The van der Waals surface area contributed by atoms with Crippen LogP contribution in [0.2, 0.25) is 0 Å². The molecular weight excluding hydrogens is 222 g/mol. The fourth-order valence-corrected chi connectivity index (χ4v) is 1.89. The average Bonchev–Trinajstić information content (AvgIpc) is 2.41. The standard InChI is InChI=1S/C16H13NO/c1-12-6-2-5-9-15(12)18-16-11-10-13-7-3-4-8-14(13)17-16/h2-11H,1H3. The lowest BCUT2D eigenvalue weighted by Crippen LogP contribution is -1.90. The van der Waals surface area contributed by atoms with Gasteiger partial charge in [-0.25, -0.2) is 4.98 Å². The lowest BCUT2D eigenvalue weighted by atomic mass is 10.2. The van der Waals surface area contributed by atoms with Crippen molar-refractivity contribution in [1.29, 1.82) is 0 Å². The van der Waals surface area contributed by atoms with E-state index in [1.165, 1.54) is 0 Å². The lowest BCUT2D eigenvalue weighted by molar-refractivity contribution is 0.461. The summed E-state index contributed by atoms with van der Waals surface area (Å²) in [6.07, 6.45) is 0. The van der Waals surface area contributed by atoms with Crippen LogP contribution in [0, 0.1) is 6.92 Å². The van der Waals surface area contributed by atoms with Crippen molar-refractivity contribution >= 4 is 10.9 Å². The maximum absolute atomic E-state index is 5.81. The SMILES string of the molecule is Cc1ccccc1Oc1ccc2ccccc2n1. The molecule has 0 amide bonds. The number of hydrogen-bond acceptors (Lipinski definition) is 2. The zero-order valence-electron chi connectivity index (χ0n) is 10.1. The van der Waals surface area contributed by atoms with Crippen LogP contribution in [0.15, 0.2) is 60.7 Å². The van der Waals surface area contributed by atoms with E-state index >= 15 is 0 Å². The van der Waals surface area contributed by atoms with E-state index in [1.54, 1.807) is 0 Å². The summed E-state index contributed by atoms with van der Waals surface area (Å²) in [5.74, 6) is 1.48. The molecule has 18 heavy (non-hydrogen) atoms. The molecule has 0 spiro atoms. The van der Waals surface area contributed by atoms with Crippen LogP contribution < -0.4 is 4.74 Å². The molecule has 1 aromatic heterocycles. The van der Waals surface area contributed by atoms with Gasteiger partial charge < -0.3 is 4.74 Å². The number of hydrogen-bond donors (Lipinski definition) is 0. The third kappa shape index (κ3) is 2.05. The Balaban J connectivity index is 1.98. The summed E-state index contributed by atoms with van der Waals surface area (Å²) in [5, 5.41) is 1.12. The molecule has 0 bridgehead atoms. The van der Waals surface area contributed by atoms with Gasteiger partial charge in [-0.1, -0.05) is 36.4 Å². The van der Waals surface area contributed by atoms with Gasteiger partial charge in [0.1, 0.15) is 5.75 Å². The minimum atomic E-state index is 0.628. The maximum Gasteiger partial charge on any atom is 0.219 e. The largest absolute Gasteiger partial charge is 0.439 e. The van der Waals surface area contributed by atoms with Crippen LogP contribution in [0.5, 0.6) is 11.6 Å². The van der Waals surface area contributed by atoms with Crippen LogP contribution in [-0.2, 0) is 0 Å². The molecular formula is C16H13NO. The summed E-state index contributed by atoms with van der Waals surface area (Å²) < 4.78 is 5.81. The number of fused-ring (bicyclic) bond motifs is 1. The first-order valence-electron chi connectivity index (χ1n) is 5.92. The highest BCUT2D eigenvalue weighted by Gasteiger charge is 2.02. The quantitative estimate of drug-likeness (QED) is 0.659. The molecule has 0 saturated heterocycles. The van der Waals surface area contributed by atoms with Gasteiger partial charge in [-0.05, 0) is 30.7 Å². The molecule has 0 fully saturated rings. The highest BCUT2D eigenvalue weighted by atomic mass is 16.5. The predicted molar refractivity (Wildman–Crippen MR) is 73.0 cm³/mol. The van der Waals surface area contributed by atoms with Crippen molar-refractivity contribution in [2.75, 3.05) is 0 Å². The molecule has 0 unspecified atom stereocenters. The maximum atomic E-state index is 5.81. The fraction of sp³-hybridized carbons (Fsp3) is 0.0625. The molecule has 0 aliphatic rings. The predicted octanol–water partition coefficient (Wildman–Crippen LogP) is 4.34. The first-order valence-corrected chi connectivity index (χ1v) is 5.92. The molecule has 3 rings (SSSR count). The van der Waals surface area contributed by atoms with Crippen LogP contribution in [0.3, 0.4) is 0 Å². The van der Waals surface area contributed by atoms with Crippen molar-refractivity contribution in [2.24, 2.45) is 0 Å². The Labute approximate surface area is 106 Å². The smallest absolute Gasteiger partial charge is 0.219 e. The van der Waals surface area contributed by atoms with Gasteiger partial charge in [-0.3, -0.25) is 0 Å². The molecule has 0 atom stereocenters. The molecule has 0 radical (unpaired) electrons. The minimum absolute atomic E-state index is 0.628. The zero-order valence-corrected chi connectivity index (χ0v) is 10.1. The van der Waals surface area contributed by atoms with E-state index in [1.807, 2.05) is 67.6 Å². The molecule has 2 aromatic carbocycles. The summed E-state index contributed by atoms with van der Waals surface area (Å²) >= 11 is 0. The van der Waals surface area contributed by atoms with Crippen LogP contribution in [0.1, 0.15) is 5.56 Å². The Morgan fingerprint density at radius 1 is 0.833 bits per heavy atom. The van der Waals surface area contributed by atoms with Crippen molar-refractivity contribution in [3.05, 3.63) is 66.2 Å². The van der Waals surface area contributed by atoms with Crippen molar-refractivity contribution in [1.82, 2.24) is 4.98 Å². The number of rotatable bonds is 2. The second-order valence-electron chi connectivity index (χ2n) is 4.21. The van der Waals surface area contributed by atoms with Crippen molar-refractivity contribution in [3.63, 3.8) is 0 Å². The van der Waals surface area contributed by atoms with Crippen LogP contribution in [0.25, 0.3) is 10.9 Å². The van der Waals surface area contributed by atoms with E-state index in [0.29, 0.717) is 5.88 Å². The van der Waals surface area contributed by atoms with Gasteiger partial charge >= 0.3 is 0 Å². The molecule has 0 aliphatic heterocycles. The summed E-state index contributed by atoms with van der Waals surface area (Å²) in [5.41, 5.74) is 2.05. The molecule has 1 heterocycles. The van der Waals surface area contributed by atoms with Crippen LogP contribution in [0.4, 0.5) is 0 Å². The van der Waals surface area contributed by atoms with Crippen molar-refractivity contribution in [2.45, 2.75) is 6.92 Å². The first-order chi connectivity index (χ1) is 8.83. The number of benzene rings is 2. The van der Waals surface area contributed by atoms with Gasteiger partial charge in [0.2, 0.25) is 5.88 Å². The van der Waals surface area contributed by atoms with Gasteiger partial charge in [-0.2, -0.15) is 0 Å². The summed E-state index contributed by atoms with van der Waals surface area (Å²) in [6, 6.07) is 19.9. The number of aryl methyl sites for hydroxylation is 1.